The predicted molar refractivity (Wildman–Crippen MR) is 284 cm³/mol. The van der Waals surface area contributed by atoms with Crippen molar-refractivity contribution in [3.05, 3.63) is 0 Å². The number of ether oxygens (including phenoxy) is 13. The van der Waals surface area contributed by atoms with Gasteiger partial charge in [-0.25, -0.2) is 4.79 Å². The van der Waals surface area contributed by atoms with Crippen LogP contribution in [0, 0.1) is 0 Å². The number of nitrogens with one attached hydrogen (secondary N) is 3. The summed E-state index contributed by atoms with van der Waals surface area (Å²) in [5.74, 6) is -7.66. The van der Waals surface area contributed by atoms with Crippen molar-refractivity contribution >= 4 is 23.7 Å². The molecule has 0 bridgehead atoms. The van der Waals surface area contributed by atoms with Gasteiger partial charge in [-0.1, -0.05) is 0 Å². The summed E-state index contributed by atoms with van der Waals surface area (Å²) in [6.07, 6.45) is -66.7. The van der Waals surface area contributed by atoms with Crippen LogP contribution in [0.25, 0.3) is 0 Å². The normalized spacial score (nSPS) is 47.2. The maximum absolute atomic E-state index is 12.9. The summed E-state index contributed by atoms with van der Waals surface area (Å²) >= 11 is 0. The van der Waals surface area contributed by atoms with E-state index in [0.717, 1.165) is 20.8 Å². The monoisotopic (exact) mass is 1360 g/mol. The Bertz CT molecular complexity index is 2410. The molecule has 0 aliphatic carbocycles. The van der Waals surface area contributed by atoms with E-state index in [4.69, 9.17) is 61.6 Å². The van der Waals surface area contributed by atoms with Gasteiger partial charge in [0.05, 0.1) is 58.4 Å². The lowest BCUT2D eigenvalue weighted by atomic mass is 9.88. The smallest absolute Gasteiger partial charge is 0.364 e. The van der Waals surface area contributed by atoms with Crippen LogP contribution in [0.2, 0.25) is 0 Å². The Labute approximate surface area is 525 Å². The lowest BCUT2D eigenvalue weighted by Crippen LogP contribution is -2.70. The Kier molecular flexibility index (Phi) is 27.2. The van der Waals surface area contributed by atoms with Crippen LogP contribution in [0.3, 0.4) is 0 Å². The minimum absolute atomic E-state index is 0.809. The van der Waals surface area contributed by atoms with Gasteiger partial charge in [0.2, 0.25) is 17.7 Å². The summed E-state index contributed by atoms with van der Waals surface area (Å²) in [4.78, 5) is 50.5. The van der Waals surface area contributed by atoms with Crippen molar-refractivity contribution in [2.45, 2.75) is 248 Å². The van der Waals surface area contributed by atoms with Gasteiger partial charge >= 0.3 is 5.97 Å². The highest BCUT2D eigenvalue weighted by molar-refractivity contribution is 5.77. The van der Waals surface area contributed by atoms with Crippen molar-refractivity contribution < 1.29 is 193 Å². The number of aliphatic hydroxyl groups excluding tert-OH is 21. The molecule has 0 radical (unpaired) electrons. The molecule has 0 aromatic heterocycles. The molecule has 7 saturated heterocycles. The molecule has 0 unspecified atom stereocenters. The maximum Gasteiger partial charge on any atom is 0.364 e. The first kappa shape index (κ1) is 76.9. The van der Waals surface area contributed by atoms with E-state index < -0.39 is 297 Å². The number of carboxylic acids is 1. The highest BCUT2D eigenvalue weighted by Crippen LogP contribution is 2.39. The average molecular weight is 1360 g/mol. The van der Waals surface area contributed by atoms with Crippen molar-refractivity contribution in [3.63, 3.8) is 0 Å². The van der Waals surface area contributed by atoms with Crippen LogP contribution in [0.5, 0.6) is 0 Å². The highest BCUT2D eigenvalue weighted by Gasteiger charge is 2.60. The molecule has 42 heteroatoms. The number of carbonyl (C=O) groups excluding carboxylic acids is 3. The molecular weight excluding hydrogens is 1280 g/mol. The molecule has 3 amide bonds. The molecule has 0 spiro atoms. The van der Waals surface area contributed by atoms with Gasteiger partial charge in [0.25, 0.3) is 5.79 Å². The molecule has 7 aliphatic heterocycles. The van der Waals surface area contributed by atoms with Crippen LogP contribution in [-0.2, 0) is 80.8 Å². The SMILES string of the molecule is CC(=O)N[C@H]1[C@H](OC[C@H]2O[C@@H](O[C@H]3[C@H](O)[C@@H](O)[C@H](O)O[C@@H]3CO)[C@H](O)[C@@H](O[C@@H]3O[C@H](CO)[C@@H](O)[C@H](O[C@@H]4O[C@H](CO)[C@H](O)[C@H](O)[C@H]4O)[C@H]3NC(C)=O)[C@H]2O)O[C@H](CO)[C@@H](O[C@@H]2O[C@H](CO[C@@]3(C(=O)O)C[C@H](O)[C@@H](NC(C)=O)[C@H]([C@H](O)[C@H](O)CO)O3)[C@H](O)[C@H](O)[C@H]2O)[C@@H]1O. The second-order valence-electron chi connectivity index (χ2n) is 23.3. The number of carbonyl (C=O) groups is 4. The Morgan fingerprint density at radius 2 is 0.871 bits per heavy atom. The molecule has 7 heterocycles. The van der Waals surface area contributed by atoms with Gasteiger partial charge in [-0.2, -0.15) is 0 Å². The van der Waals surface area contributed by atoms with Crippen molar-refractivity contribution in [3.8, 4) is 0 Å². The third-order valence-electron chi connectivity index (χ3n) is 16.7. The molecule has 7 aliphatic rings. The molecule has 42 nitrogen and oxygen atoms in total. The summed E-state index contributed by atoms with van der Waals surface area (Å²) in [5.41, 5.74) is 0. The Morgan fingerprint density at radius 3 is 1.41 bits per heavy atom. The molecule has 36 atom stereocenters. The van der Waals surface area contributed by atoms with E-state index in [9.17, 15) is 132 Å². The minimum atomic E-state index is -3.02. The van der Waals surface area contributed by atoms with Crippen molar-refractivity contribution in [1.82, 2.24) is 16.0 Å². The van der Waals surface area contributed by atoms with Crippen molar-refractivity contribution in [2.75, 3.05) is 46.2 Å². The fourth-order valence-electron chi connectivity index (χ4n) is 11.7. The quantitative estimate of drug-likeness (QED) is 0.0404. The van der Waals surface area contributed by atoms with Crippen LogP contribution in [0.15, 0.2) is 0 Å². The van der Waals surface area contributed by atoms with Gasteiger partial charge in [0.1, 0.15) is 165 Å². The second-order valence-corrected chi connectivity index (χ2v) is 23.3. The first-order valence-electron chi connectivity index (χ1n) is 29.2. The second kappa shape index (κ2) is 32.9. The largest absolute Gasteiger partial charge is 0.477 e. The van der Waals surface area contributed by atoms with E-state index in [-0.39, 0.29) is 0 Å². The zero-order valence-electron chi connectivity index (χ0n) is 49.6. The molecule has 7 fully saturated rings. The first-order valence-corrected chi connectivity index (χ1v) is 29.2. The number of rotatable bonds is 25. The van der Waals surface area contributed by atoms with E-state index in [1.807, 2.05) is 0 Å². The fraction of sp³-hybridized carbons (Fsp3) is 0.922. The van der Waals surface area contributed by atoms with Crippen molar-refractivity contribution in [1.29, 1.82) is 0 Å². The van der Waals surface area contributed by atoms with E-state index in [1.54, 1.807) is 0 Å². The molecule has 538 valence electrons. The summed E-state index contributed by atoms with van der Waals surface area (Å²) < 4.78 is 74.8. The Balaban J connectivity index is 1.13. The summed E-state index contributed by atoms with van der Waals surface area (Å²) in [6.45, 7) is -4.61. The van der Waals surface area contributed by atoms with Gasteiger partial charge in [-0.3, -0.25) is 14.4 Å². The van der Waals surface area contributed by atoms with Crippen LogP contribution in [0.1, 0.15) is 27.2 Å². The third-order valence-corrected chi connectivity index (χ3v) is 16.7. The van der Waals surface area contributed by atoms with Crippen LogP contribution >= 0.6 is 0 Å². The minimum Gasteiger partial charge on any atom is -0.477 e. The van der Waals surface area contributed by atoms with E-state index in [2.05, 4.69) is 16.0 Å². The van der Waals surface area contributed by atoms with Crippen LogP contribution < -0.4 is 16.0 Å². The van der Waals surface area contributed by atoms with E-state index in [1.165, 1.54) is 0 Å². The first-order chi connectivity index (χ1) is 43.8. The lowest BCUT2D eigenvalue weighted by molar-refractivity contribution is -0.383. The zero-order chi connectivity index (χ0) is 69.0. The van der Waals surface area contributed by atoms with Gasteiger partial charge in [-0.15, -0.1) is 0 Å². The average Bonchev–Trinajstić information content (AvgIpc) is 0.791. The van der Waals surface area contributed by atoms with E-state index in [0.29, 0.717) is 0 Å². The van der Waals surface area contributed by atoms with Crippen LogP contribution in [0.4, 0.5) is 0 Å². The molecule has 93 heavy (non-hydrogen) atoms. The standard InChI is InChI=1S/C51H85N3O39/c1-12(60)52-23-15(63)4-51(50(79)80,93-42(23)26(65)16(64)5-55)82-11-22-28(67)33(72)37(76)48(88-22)89-39-20(9-59)86-45(24(31(39)70)53-13(2)61)81-10-21-30(69)43(38(77)49(87-21)90-40-19(8-58)83-44(78)35(74)34(40)73)92-46-25(54-14(3)62)41(29(68)18(7-57)84-46)91-47-36(75)32(71)27(66)17(6-56)85-47/h15-49,55-59,63-78H,4-11H2,1-3H3,(H,52,60)(H,53,61)(H,54,62)(H,79,80)/t15-,16+,17+,18+,19+,20+,21+,22+,23+,24+,25+,26+,27-,28-,29+,30-,31+,32-,33-,34+,35+,36+,37+,38+,39+,40+,41+,42+,43-,44+,45+,46-,47-,48-,49-,51-/m0/s1. The zero-order valence-corrected chi connectivity index (χ0v) is 49.6. The molecule has 25 N–H and O–H groups in total. The Hall–Kier alpha value is -3.48. The summed E-state index contributed by atoms with van der Waals surface area (Å²) in [7, 11) is 0. The third kappa shape index (κ3) is 17.0. The Morgan fingerprint density at radius 1 is 0.441 bits per heavy atom. The number of hydrogen-bond acceptors (Lipinski definition) is 38. The molecule has 0 aromatic carbocycles. The van der Waals surface area contributed by atoms with Gasteiger partial charge in [-0.05, 0) is 0 Å². The number of hydrogen-bond donors (Lipinski definition) is 25. The van der Waals surface area contributed by atoms with Gasteiger partial charge in [0.15, 0.2) is 37.7 Å². The van der Waals surface area contributed by atoms with Gasteiger partial charge < -0.3 is 190 Å². The maximum atomic E-state index is 12.9. The number of carboxylic acid groups (broad SMARTS) is 1. The molecule has 0 aromatic rings. The molecule has 7 rings (SSSR count). The summed E-state index contributed by atoms with van der Waals surface area (Å²) in [6, 6.07) is -5.33. The lowest BCUT2D eigenvalue weighted by Gasteiger charge is -2.50. The highest BCUT2D eigenvalue weighted by atomic mass is 16.8. The van der Waals surface area contributed by atoms with Crippen molar-refractivity contribution in [2.24, 2.45) is 0 Å². The number of aliphatic hydroxyl groups is 21. The summed E-state index contributed by atoms with van der Waals surface area (Å²) in [5, 5.41) is 245. The number of aliphatic carboxylic acids is 1. The van der Waals surface area contributed by atoms with Gasteiger partial charge in [0, 0.05) is 27.2 Å². The molecular formula is C51H85N3O39. The topological polar surface area (TPSA) is 669 Å². The fourth-order valence-corrected chi connectivity index (χ4v) is 11.7. The van der Waals surface area contributed by atoms with Crippen LogP contribution in [-0.4, -0.2) is 403 Å². The number of amides is 3. The van der Waals surface area contributed by atoms with E-state index >= 15 is 0 Å². The molecule has 0 saturated carbocycles. The predicted octanol–water partition coefficient (Wildman–Crippen LogP) is -16.6.